The minimum Gasteiger partial charge on any atom is -0.309 e. The highest BCUT2D eigenvalue weighted by Gasteiger charge is 2.05. The fourth-order valence-electron chi connectivity index (χ4n) is 1.49. The number of hydrogen-bond donors (Lipinski definition) is 1. The maximum atomic E-state index is 11.0. The van der Waals surface area contributed by atoms with E-state index in [1.54, 1.807) is 6.26 Å². The standard InChI is InChI=1S/C12H18BrNOS/c1-9-4-5-11(12(13)6-9)7-14-10(2)8-16(3)15/h4-6,10,14H,7-8H2,1-3H3. The van der Waals surface area contributed by atoms with Crippen molar-refractivity contribution < 1.29 is 4.21 Å². The minimum atomic E-state index is -0.737. The van der Waals surface area contributed by atoms with Gasteiger partial charge in [-0.2, -0.15) is 0 Å². The lowest BCUT2D eigenvalue weighted by atomic mass is 10.1. The Labute approximate surface area is 108 Å². The SMILES string of the molecule is Cc1ccc(CNC(C)CS(C)=O)c(Br)c1. The third-order valence-electron chi connectivity index (χ3n) is 2.33. The van der Waals surface area contributed by atoms with Crippen LogP contribution in [0.4, 0.5) is 0 Å². The van der Waals surface area contributed by atoms with Gasteiger partial charge in [0.25, 0.3) is 0 Å². The molecule has 0 aromatic heterocycles. The molecular formula is C12H18BrNOS. The Morgan fingerprint density at radius 3 is 2.75 bits per heavy atom. The van der Waals surface area contributed by atoms with Gasteiger partial charge in [0.1, 0.15) is 0 Å². The molecule has 0 spiro atoms. The Hall–Kier alpha value is -0.190. The molecule has 2 atom stereocenters. The number of aryl methyl sites for hydroxylation is 1. The van der Waals surface area contributed by atoms with E-state index in [0.29, 0.717) is 5.75 Å². The Balaban J connectivity index is 2.51. The summed E-state index contributed by atoms with van der Waals surface area (Å²) in [7, 11) is -0.737. The second-order valence-corrected chi connectivity index (χ2v) is 6.45. The van der Waals surface area contributed by atoms with Crippen LogP contribution in [0.15, 0.2) is 22.7 Å². The van der Waals surface area contributed by atoms with Crippen molar-refractivity contribution in [2.45, 2.75) is 26.4 Å². The molecule has 1 aromatic rings. The molecule has 2 unspecified atom stereocenters. The van der Waals surface area contributed by atoms with Crippen molar-refractivity contribution in [3.63, 3.8) is 0 Å². The van der Waals surface area contributed by atoms with Crippen LogP contribution in [0.3, 0.4) is 0 Å². The number of nitrogens with one attached hydrogen (secondary N) is 1. The lowest BCUT2D eigenvalue weighted by molar-refractivity contribution is 0.586. The van der Waals surface area contributed by atoms with Crippen LogP contribution in [0, 0.1) is 6.92 Å². The van der Waals surface area contributed by atoms with Crippen molar-refractivity contribution in [3.05, 3.63) is 33.8 Å². The maximum Gasteiger partial charge on any atom is 0.0383 e. The molecule has 1 N–H and O–H groups in total. The van der Waals surface area contributed by atoms with Gasteiger partial charge in [-0.1, -0.05) is 28.1 Å². The summed E-state index contributed by atoms with van der Waals surface area (Å²) in [4.78, 5) is 0. The van der Waals surface area contributed by atoms with Crippen molar-refractivity contribution in [1.82, 2.24) is 5.32 Å². The van der Waals surface area contributed by atoms with Crippen LogP contribution in [-0.4, -0.2) is 22.3 Å². The predicted molar refractivity (Wildman–Crippen MR) is 74.1 cm³/mol. The van der Waals surface area contributed by atoms with Crippen molar-refractivity contribution >= 4 is 26.7 Å². The van der Waals surface area contributed by atoms with Gasteiger partial charge < -0.3 is 5.32 Å². The molecule has 1 aromatic carbocycles. The Morgan fingerprint density at radius 2 is 2.19 bits per heavy atom. The quantitative estimate of drug-likeness (QED) is 0.906. The first-order chi connectivity index (χ1) is 7.49. The number of rotatable bonds is 5. The summed E-state index contributed by atoms with van der Waals surface area (Å²) in [6, 6.07) is 6.60. The lowest BCUT2D eigenvalue weighted by Crippen LogP contribution is -2.30. The van der Waals surface area contributed by atoms with Crippen molar-refractivity contribution in [2.24, 2.45) is 0 Å². The van der Waals surface area contributed by atoms with Crippen LogP contribution in [0.2, 0.25) is 0 Å². The van der Waals surface area contributed by atoms with E-state index in [1.165, 1.54) is 11.1 Å². The molecular weight excluding hydrogens is 286 g/mol. The smallest absolute Gasteiger partial charge is 0.0383 e. The first kappa shape index (κ1) is 13.9. The fourth-order valence-corrected chi connectivity index (χ4v) is 2.95. The molecule has 0 aliphatic carbocycles. The van der Waals surface area contributed by atoms with E-state index in [4.69, 9.17) is 0 Å². The molecule has 2 nitrogen and oxygen atoms in total. The molecule has 16 heavy (non-hydrogen) atoms. The minimum absolute atomic E-state index is 0.277. The summed E-state index contributed by atoms with van der Waals surface area (Å²) in [6.07, 6.45) is 1.74. The lowest BCUT2D eigenvalue weighted by Gasteiger charge is -2.13. The second-order valence-electron chi connectivity index (χ2n) is 4.12. The molecule has 0 fully saturated rings. The highest BCUT2D eigenvalue weighted by atomic mass is 79.9. The number of halogens is 1. The van der Waals surface area contributed by atoms with Crippen LogP contribution in [0.1, 0.15) is 18.1 Å². The molecule has 1 rings (SSSR count). The van der Waals surface area contributed by atoms with E-state index in [2.05, 4.69) is 53.3 Å². The van der Waals surface area contributed by atoms with Gasteiger partial charge >= 0.3 is 0 Å². The zero-order valence-corrected chi connectivity index (χ0v) is 12.3. The molecule has 90 valence electrons. The van der Waals surface area contributed by atoms with Crippen molar-refractivity contribution in [3.8, 4) is 0 Å². The summed E-state index contributed by atoms with van der Waals surface area (Å²) in [6.45, 7) is 4.94. The van der Waals surface area contributed by atoms with E-state index < -0.39 is 10.8 Å². The van der Waals surface area contributed by atoms with E-state index in [9.17, 15) is 4.21 Å². The molecule has 0 saturated carbocycles. The zero-order chi connectivity index (χ0) is 12.1. The number of benzene rings is 1. The average molecular weight is 304 g/mol. The molecule has 0 heterocycles. The monoisotopic (exact) mass is 303 g/mol. The Morgan fingerprint density at radius 1 is 1.50 bits per heavy atom. The van der Waals surface area contributed by atoms with Gasteiger partial charge in [0.2, 0.25) is 0 Å². The van der Waals surface area contributed by atoms with Gasteiger partial charge in [0.15, 0.2) is 0 Å². The van der Waals surface area contributed by atoms with Gasteiger partial charge in [0, 0.05) is 39.9 Å². The average Bonchev–Trinajstić information content (AvgIpc) is 2.15. The zero-order valence-electron chi connectivity index (χ0n) is 9.92. The summed E-state index contributed by atoms with van der Waals surface area (Å²) < 4.78 is 12.2. The molecule has 0 aliphatic heterocycles. The van der Waals surface area contributed by atoms with Crippen LogP contribution < -0.4 is 5.32 Å². The molecule has 0 amide bonds. The third kappa shape index (κ3) is 4.76. The number of hydrogen-bond acceptors (Lipinski definition) is 2. The largest absolute Gasteiger partial charge is 0.309 e. The Bertz CT molecular complexity index is 381. The fraction of sp³-hybridized carbons (Fsp3) is 0.500. The van der Waals surface area contributed by atoms with Crippen LogP contribution in [0.5, 0.6) is 0 Å². The predicted octanol–water partition coefficient (Wildman–Crippen LogP) is 2.61. The Kier molecular flexibility index (Phi) is 5.66. The van der Waals surface area contributed by atoms with Gasteiger partial charge in [-0.15, -0.1) is 0 Å². The van der Waals surface area contributed by atoms with E-state index in [-0.39, 0.29) is 6.04 Å². The van der Waals surface area contributed by atoms with E-state index in [0.717, 1.165) is 11.0 Å². The van der Waals surface area contributed by atoms with Gasteiger partial charge in [0.05, 0.1) is 0 Å². The topological polar surface area (TPSA) is 29.1 Å². The van der Waals surface area contributed by atoms with Crippen LogP contribution in [-0.2, 0) is 17.3 Å². The molecule has 0 aliphatic rings. The normalized spacial score (nSPS) is 14.8. The van der Waals surface area contributed by atoms with Gasteiger partial charge in [-0.05, 0) is 31.0 Å². The third-order valence-corrected chi connectivity index (χ3v) is 4.04. The highest BCUT2D eigenvalue weighted by molar-refractivity contribution is 9.10. The molecule has 0 bridgehead atoms. The summed E-state index contributed by atoms with van der Waals surface area (Å²) in [5.74, 6) is 0.698. The molecule has 4 heteroatoms. The molecule has 0 saturated heterocycles. The first-order valence-corrected chi connectivity index (χ1v) is 7.79. The van der Waals surface area contributed by atoms with E-state index >= 15 is 0 Å². The summed E-state index contributed by atoms with van der Waals surface area (Å²) in [5, 5.41) is 3.37. The van der Waals surface area contributed by atoms with E-state index in [1.807, 2.05) is 0 Å². The van der Waals surface area contributed by atoms with Crippen LogP contribution in [0.25, 0.3) is 0 Å². The van der Waals surface area contributed by atoms with Gasteiger partial charge in [-0.25, -0.2) is 0 Å². The highest BCUT2D eigenvalue weighted by Crippen LogP contribution is 2.18. The van der Waals surface area contributed by atoms with Crippen molar-refractivity contribution in [1.29, 1.82) is 0 Å². The van der Waals surface area contributed by atoms with Crippen molar-refractivity contribution in [2.75, 3.05) is 12.0 Å². The molecule has 0 radical (unpaired) electrons. The summed E-state index contributed by atoms with van der Waals surface area (Å²) >= 11 is 3.55. The van der Waals surface area contributed by atoms with Crippen LogP contribution >= 0.6 is 15.9 Å². The maximum absolute atomic E-state index is 11.0. The van der Waals surface area contributed by atoms with Gasteiger partial charge in [-0.3, -0.25) is 4.21 Å². The second kappa shape index (κ2) is 6.52. The first-order valence-electron chi connectivity index (χ1n) is 5.27. The summed E-state index contributed by atoms with van der Waals surface area (Å²) in [5.41, 5.74) is 2.48.